The van der Waals surface area contributed by atoms with E-state index in [0.29, 0.717) is 23.6 Å². The highest BCUT2D eigenvalue weighted by Gasteiger charge is 2.02. The first kappa shape index (κ1) is 13.5. The van der Waals surface area contributed by atoms with Crippen molar-refractivity contribution in [2.24, 2.45) is 5.73 Å². The SMILES string of the molecule is NC(=S)c1cc(Oc2ccc(CCO)cc2)ccn1. The summed E-state index contributed by atoms with van der Waals surface area (Å²) >= 11 is 4.87. The van der Waals surface area contributed by atoms with Crippen LogP contribution in [0, 0.1) is 0 Å². The van der Waals surface area contributed by atoms with Crippen molar-refractivity contribution in [3.05, 3.63) is 53.9 Å². The van der Waals surface area contributed by atoms with Crippen LogP contribution in [-0.4, -0.2) is 21.7 Å². The van der Waals surface area contributed by atoms with Gasteiger partial charge >= 0.3 is 0 Å². The largest absolute Gasteiger partial charge is 0.457 e. The van der Waals surface area contributed by atoms with Crippen molar-refractivity contribution in [3.8, 4) is 11.5 Å². The molecule has 0 amide bonds. The summed E-state index contributed by atoms with van der Waals surface area (Å²) < 4.78 is 5.68. The normalized spacial score (nSPS) is 10.2. The van der Waals surface area contributed by atoms with Crippen molar-refractivity contribution in [2.45, 2.75) is 6.42 Å². The van der Waals surface area contributed by atoms with E-state index in [1.165, 1.54) is 0 Å². The molecule has 1 heterocycles. The van der Waals surface area contributed by atoms with Crippen molar-refractivity contribution >= 4 is 17.2 Å². The number of nitrogens with zero attached hydrogens (tertiary/aromatic N) is 1. The number of nitrogens with two attached hydrogens (primary N) is 1. The van der Waals surface area contributed by atoms with Gasteiger partial charge in [0.15, 0.2) is 0 Å². The van der Waals surface area contributed by atoms with Crippen LogP contribution in [0.15, 0.2) is 42.6 Å². The first-order chi connectivity index (χ1) is 9.19. The zero-order valence-corrected chi connectivity index (χ0v) is 11.1. The molecule has 2 aromatic rings. The van der Waals surface area contributed by atoms with Gasteiger partial charge in [-0.2, -0.15) is 0 Å². The monoisotopic (exact) mass is 274 g/mol. The van der Waals surface area contributed by atoms with Crippen LogP contribution in [0.25, 0.3) is 0 Å². The zero-order chi connectivity index (χ0) is 13.7. The third-order valence-electron chi connectivity index (χ3n) is 2.54. The number of hydrogen-bond acceptors (Lipinski definition) is 4. The molecule has 0 unspecified atom stereocenters. The van der Waals surface area contributed by atoms with Crippen LogP contribution in [-0.2, 0) is 6.42 Å². The summed E-state index contributed by atoms with van der Waals surface area (Å²) in [7, 11) is 0. The Bertz CT molecular complexity index is 570. The predicted octanol–water partition coefficient (Wildman–Crippen LogP) is 2.04. The highest BCUT2D eigenvalue weighted by atomic mass is 32.1. The van der Waals surface area contributed by atoms with Crippen molar-refractivity contribution in [1.29, 1.82) is 0 Å². The highest BCUT2D eigenvalue weighted by Crippen LogP contribution is 2.21. The Hall–Kier alpha value is -1.98. The van der Waals surface area contributed by atoms with Gasteiger partial charge in [-0.3, -0.25) is 4.98 Å². The number of hydrogen-bond donors (Lipinski definition) is 2. The number of aromatic nitrogens is 1. The number of aliphatic hydroxyl groups is 1. The zero-order valence-electron chi connectivity index (χ0n) is 10.2. The maximum absolute atomic E-state index is 8.84. The molecule has 98 valence electrons. The van der Waals surface area contributed by atoms with E-state index in [0.717, 1.165) is 5.56 Å². The van der Waals surface area contributed by atoms with Crippen LogP contribution in [0.4, 0.5) is 0 Å². The molecule has 1 aromatic carbocycles. The lowest BCUT2D eigenvalue weighted by Gasteiger charge is -2.07. The summed E-state index contributed by atoms with van der Waals surface area (Å²) in [5.41, 5.74) is 7.11. The van der Waals surface area contributed by atoms with E-state index < -0.39 is 0 Å². The van der Waals surface area contributed by atoms with Gasteiger partial charge in [-0.25, -0.2) is 0 Å². The summed E-state index contributed by atoms with van der Waals surface area (Å²) in [6, 6.07) is 11.0. The number of rotatable bonds is 5. The summed E-state index contributed by atoms with van der Waals surface area (Å²) in [5, 5.41) is 8.84. The van der Waals surface area contributed by atoms with Crippen LogP contribution >= 0.6 is 12.2 Å². The average molecular weight is 274 g/mol. The van der Waals surface area contributed by atoms with E-state index in [2.05, 4.69) is 4.98 Å². The van der Waals surface area contributed by atoms with E-state index in [1.54, 1.807) is 18.3 Å². The molecular formula is C14H14N2O2S. The standard InChI is InChI=1S/C14H14N2O2S/c15-14(19)13-9-12(5-7-16-13)18-11-3-1-10(2-4-11)6-8-17/h1-5,7,9,17H,6,8H2,(H2,15,19). The smallest absolute Gasteiger partial charge is 0.131 e. The minimum Gasteiger partial charge on any atom is -0.457 e. The van der Waals surface area contributed by atoms with Gasteiger partial charge in [-0.05, 0) is 30.2 Å². The topological polar surface area (TPSA) is 68.4 Å². The maximum Gasteiger partial charge on any atom is 0.131 e. The Morgan fingerprint density at radius 1 is 1.21 bits per heavy atom. The van der Waals surface area contributed by atoms with Gasteiger partial charge in [0.25, 0.3) is 0 Å². The lowest BCUT2D eigenvalue weighted by molar-refractivity contribution is 0.299. The Morgan fingerprint density at radius 3 is 2.58 bits per heavy atom. The van der Waals surface area contributed by atoms with Crippen LogP contribution in [0.3, 0.4) is 0 Å². The predicted molar refractivity (Wildman–Crippen MR) is 77.4 cm³/mol. The van der Waals surface area contributed by atoms with Crippen LogP contribution in [0.2, 0.25) is 0 Å². The number of benzene rings is 1. The molecule has 0 aliphatic heterocycles. The van der Waals surface area contributed by atoms with Gasteiger partial charge in [0, 0.05) is 18.9 Å². The van der Waals surface area contributed by atoms with Crippen LogP contribution < -0.4 is 10.5 Å². The van der Waals surface area contributed by atoms with E-state index in [4.69, 9.17) is 27.8 Å². The molecule has 5 heteroatoms. The second-order valence-corrected chi connectivity index (χ2v) is 4.40. The first-order valence-electron chi connectivity index (χ1n) is 5.82. The molecule has 1 aromatic heterocycles. The number of aliphatic hydroxyl groups excluding tert-OH is 1. The molecule has 0 atom stereocenters. The molecule has 0 saturated heterocycles. The number of thiocarbonyl (C=S) groups is 1. The van der Waals surface area contributed by atoms with Gasteiger partial charge in [0.05, 0.1) is 0 Å². The van der Waals surface area contributed by atoms with Crippen molar-refractivity contribution in [3.63, 3.8) is 0 Å². The second-order valence-electron chi connectivity index (χ2n) is 3.96. The summed E-state index contributed by atoms with van der Waals surface area (Å²) in [6.07, 6.45) is 2.24. The second kappa shape index (κ2) is 6.26. The Kier molecular flexibility index (Phi) is 4.43. The molecule has 0 aliphatic carbocycles. The molecule has 0 bridgehead atoms. The van der Waals surface area contributed by atoms with Crippen LogP contribution in [0.1, 0.15) is 11.3 Å². The fourth-order valence-electron chi connectivity index (χ4n) is 1.60. The van der Waals surface area contributed by atoms with E-state index in [9.17, 15) is 0 Å². The lowest BCUT2D eigenvalue weighted by atomic mass is 10.1. The maximum atomic E-state index is 8.84. The minimum absolute atomic E-state index is 0.141. The third-order valence-corrected chi connectivity index (χ3v) is 2.75. The Labute approximate surface area is 116 Å². The molecule has 4 nitrogen and oxygen atoms in total. The quantitative estimate of drug-likeness (QED) is 0.817. The average Bonchev–Trinajstić information content (AvgIpc) is 2.42. The van der Waals surface area contributed by atoms with Crippen molar-refractivity contribution in [2.75, 3.05) is 6.61 Å². The van der Waals surface area contributed by atoms with Gasteiger partial charge < -0.3 is 15.6 Å². The molecule has 0 fully saturated rings. The number of ether oxygens (including phenoxy) is 1. The van der Waals surface area contributed by atoms with E-state index >= 15 is 0 Å². The molecule has 19 heavy (non-hydrogen) atoms. The molecule has 3 N–H and O–H groups in total. The number of pyridine rings is 1. The third kappa shape index (κ3) is 3.74. The van der Waals surface area contributed by atoms with Gasteiger partial charge in [-0.15, -0.1) is 0 Å². The van der Waals surface area contributed by atoms with Crippen LogP contribution in [0.5, 0.6) is 11.5 Å². The lowest BCUT2D eigenvalue weighted by Crippen LogP contribution is -2.11. The Balaban J connectivity index is 2.12. The summed E-state index contributed by atoms with van der Waals surface area (Å²) in [4.78, 5) is 4.28. The molecule has 0 spiro atoms. The fourth-order valence-corrected chi connectivity index (χ4v) is 1.71. The Morgan fingerprint density at radius 2 is 1.95 bits per heavy atom. The van der Waals surface area contributed by atoms with Gasteiger partial charge in [-0.1, -0.05) is 24.4 Å². The van der Waals surface area contributed by atoms with Crippen molar-refractivity contribution < 1.29 is 9.84 Å². The molecule has 0 saturated carbocycles. The minimum atomic E-state index is 0.141. The highest BCUT2D eigenvalue weighted by molar-refractivity contribution is 7.80. The van der Waals surface area contributed by atoms with E-state index in [1.807, 2.05) is 24.3 Å². The molecular weight excluding hydrogens is 260 g/mol. The molecule has 2 rings (SSSR count). The van der Waals surface area contributed by atoms with Gasteiger partial charge in [0.2, 0.25) is 0 Å². The van der Waals surface area contributed by atoms with E-state index in [-0.39, 0.29) is 11.6 Å². The fraction of sp³-hybridized carbons (Fsp3) is 0.143. The molecule has 0 radical (unpaired) electrons. The summed E-state index contributed by atoms with van der Waals surface area (Å²) in [5.74, 6) is 1.34. The van der Waals surface area contributed by atoms with Crippen molar-refractivity contribution in [1.82, 2.24) is 4.98 Å². The molecule has 0 aliphatic rings. The van der Waals surface area contributed by atoms with Gasteiger partial charge in [0.1, 0.15) is 22.2 Å². The first-order valence-corrected chi connectivity index (χ1v) is 6.23. The summed E-state index contributed by atoms with van der Waals surface area (Å²) in [6.45, 7) is 0.141.